The summed E-state index contributed by atoms with van der Waals surface area (Å²) in [6.07, 6.45) is 0. The van der Waals surface area contributed by atoms with Crippen molar-refractivity contribution in [3.8, 4) is 5.75 Å². The molecule has 0 spiro atoms. The Morgan fingerprint density at radius 2 is 1.88 bits per heavy atom. The summed E-state index contributed by atoms with van der Waals surface area (Å²) in [4.78, 5) is 17.1. The van der Waals surface area contributed by atoms with Crippen LogP contribution < -0.4 is 4.74 Å². The van der Waals surface area contributed by atoms with Gasteiger partial charge < -0.3 is 14.2 Å². The number of nitrogens with zero attached hydrogens (tertiary/aromatic N) is 3. The van der Waals surface area contributed by atoms with Gasteiger partial charge in [0.2, 0.25) is 5.91 Å². The van der Waals surface area contributed by atoms with Crippen LogP contribution in [-0.4, -0.2) is 60.2 Å². The molecule has 6 nitrogen and oxygen atoms in total. The van der Waals surface area contributed by atoms with Gasteiger partial charge in [-0.25, -0.2) is 0 Å². The van der Waals surface area contributed by atoms with E-state index in [9.17, 15) is 4.79 Å². The van der Waals surface area contributed by atoms with E-state index < -0.39 is 0 Å². The van der Waals surface area contributed by atoms with Crippen molar-refractivity contribution in [1.29, 1.82) is 0 Å². The van der Waals surface area contributed by atoms with Gasteiger partial charge in [-0.3, -0.25) is 9.69 Å². The van der Waals surface area contributed by atoms with Crippen LogP contribution in [0.2, 0.25) is 0 Å². The lowest BCUT2D eigenvalue weighted by Crippen LogP contribution is -2.50. The van der Waals surface area contributed by atoms with E-state index in [-0.39, 0.29) is 11.8 Å². The highest BCUT2D eigenvalue weighted by molar-refractivity contribution is 5.84. The quantitative estimate of drug-likeness (QED) is 0.795. The predicted octanol–water partition coefficient (Wildman–Crippen LogP) is 2.62. The van der Waals surface area contributed by atoms with E-state index in [1.165, 1.54) is 0 Å². The van der Waals surface area contributed by atoms with Crippen LogP contribution in [0.3, 0.4) is 0 Å². The molecular formula is C20H27N3O3. The molecule has 1 atom stereocenters. The van der Waals surface area contributed by atoms with Crippen LogP contribution in [0.15, 0.2) is 34.9 Å². The number of carbonyl (C=O) groups is 1. The third kappa shape index (κ3) is 4.25. The van der Waals surface area contributed by atoms with E-state index in [0.29, 0.717) is 6.61 Å². The molecule has 2 heterocycles. The second-order valence-electron chi connectivity index (χ2n) is 6.79. The highest BCUT2D eigenvalue weighted by Crippen LogP contribution is 2.25. The minimum Gasteiger partial charge on any atom is -0.492 e. The molecule has 2 aromatic rings. The van der Waals surface area contributed by atoms with Crippen LogP contribution in [0.1, 0.15) is 29.9 Å². The number of carbonyl (C=O) groups excluding carboxylic acids is 1. The number of hydrogen-bond donors (Lipinski definition) is 0. The number of aryl methyl sites for hydroxylation is 2. The van der Waals surface area contributed by atoms with Gasteiger partial charge >= 0.3 is 0 Å². The van der Waals surface area contributed by atoms with Crippen LogP contribution in [0.5, 0.6) is 5.75 Å². The summed E-state index contributed by atoms with van der Waals surface area (Å²) in [7, 11) is 0. The zero-order valence-electron chi connectivity index (χ0n) is 15.8. The fraction of sp³-hybridized carbons (Fsp3) is 0.500. The Labute approximate surface area is 154 Å². The van der Waals surface area contributed by atoms with Gasteiger partial charge in [0.25, 0.3) is 0 Å². The Balaban J connectivity index is 1.45. The maximum Gasteiger partial charge on any atom is 0.230 e. The molecule has 26 heavy (non-hydrogen) atoms. The molecule has 0 aliphatic carbocycles. The first-order valence-corrected chi connectivity index (χ1v) is 9.18. The van der Waals surface area contributed by atoms with Gasteiger partial charge in [-0.2, -0.15) is 0 Å². The molecular weight excluding hydrogens is 330 g/mol. The van der Waals surface area contributed by atoms with Crippen molar-refractivity contribution >= 4 is 5.91 Å². The Morgan fingerprint density at radius 3 is 2.50 bits per heavy atom. The van der Waals surface area contributed by atoms with Crippen molar-refractivity contribution in [1.82, 2.24) is 15.0 Å². The predicted molar refractivity (Wildman–Crippen MR) is 99.3 cm³/mol. The lowest BCUT2D eigenvalue weighted by atomic mass is 9.97. The molecule has 1 saturated heterocycles. The summed E-state index contributed by atoms with van der Waals surface area (Å²) in [6.45, 7) is 10.5. The number of para-hydroxylation sites is 1. The molecule has 1 amide bonds. The third-order valence-corrected chi connectivity index (χ3v) is 5.00. The molecule has 140 valence electrons. The van der Waals surface area contributed by atoms with Crippen LogP contribution in [0.25, 0.3) is 0 Å². The summed E-state index contributed by atoms with van der Waals surface area (Å²) in [5, 5.41) is 3.97. The van der Waals surface area contributed by atoms with Gasteiger partial charge in [0.15, 0.2) is 0 Å². The fourth-order valence-electron chi connectivity index (χ4n) is 3.51. The lowest BCUT2D eigenvalue weighted by molar-refractivity contribution is -0.134. The van der Waals surface area contributed by atoms with Crippen molar-refractivity contribution in [2.45, 2.75) is 26.7 Å². The highest BCUT2D eigenvalue weighted by Gasteiger charge is 2.29. The molecule has 3 rings (SSSR count). The number of ether oxygens (including phenoxy) is 1. The zero-order chi connectivity index (χ0) is 18.5. The number of piperazine rings is 1. The first-order chi connectivity index (χ1) is 12.6. The number of rotatable bonds is 6. The van der Waals surface area contributed by atoms with Gasteiger partial charge in [-0.05, 0) is 32.9 Å². The molecule has 1 aromatic heterocycles. The lowest BCUT2D eigenvalue weighted by Gasteiger charge is -2.35. The zero-order valence-corrected chi connectivity index (χ0v) is 15.8. The van der Waals surface area contributed by atoms with Crippen molar-refractivity contribution in [2.24, 2.45) is 0 Å². The molecule has 0 N–H and O–H groups in total. The first kappa shape index (κ1) is 18.5. The molecule has 1 aliphatic heterocycles. The third-order valence-electron chi connectivity index (χ3n) is 5.00. The van der Waals surface area contributed by atoms with E-state index >= 15 is 0 Å². The van der Waals surface area contributed by atoms with E-state index in [1.54, 1.807) is 0 Å². The summed E-state index contributed by atoms with van der Waals surface area (Å²) < 4.78 is 11.0. The van der Waals surface area contributed by atoms with Crippen molar-refractivity contribution in [2.75, 3.05) is 39.3 Å². The normalized spacial score (nSPS) is 16.5. The van der Waals surface area contributed by atoms with Crippen molar-refractivity contribution in [3.05, 3.63) is 47.3 Å². The largest absolute Gasteiger partial charge is 0.492 e. The van der Waals surface area contributed by atoms with Gasteiger partial charge in [-0.1, -0.05) is 23.4 Å². The molecule has 0 saturated carbocycles. The molecule has 1 aromatic carbocycles. The Morgan fingerprint density at radius 1 is 1.19 bits per heavy atom. The first-order valence-electron chi connectivity index (χ1n) is 9.18. The monoisotopic (exact) mass is 357 g/mol. The molecule has 1 aliphatic rings. The Bertz CT molecular complexity index is 702. The average molecular weight is 357 g/mol. The summed E-state index contributed by atoms with van der Waals surface area (Å²) in [5.74, 6) is 1.57. The van der Waals surface area contributed by atoms with Gasteiger partial charge in [0.1, 0.15) is 18.1 Å². The molecule has 1 fully saturated rings. The summed E-state index contributed by atoms with van der Waals surface area (Å²) in [5.41, 5.74) is 1.73. The maximum absolute atomic E-state index is 12.8. The van der Waals surface area contributed by atoms with Crippen LogP contribution in [0.4, 0.5) is 0 Å². The topological polar surface area (TPSA) is 58.8 Å². The van der Waals surface area contributed by atoms with E-state index in [4.69, 9.17) is 9.26 Å². The van der Waals surface area contributed by atoms with E-state index in [2.05, 4.69) is 10.1 Å². The van der Waals surface area contributed by atoms with Crippen LogP contribution >= 0.6 is 0 Å². The second kappa shape index (κ2) is 8.36. The van der Waals surface area contributed by atoms with Crippen molar-refractivity contribution in [3.63, 3.8) is 0 Å². The van der Waals surface area contributed by atoms with Crippen LogP contribution in [-0.2, 0) is 4.79 Å². The summed E-state index contributed by atoms with van der Waals surface area (Å²) >= 11 is 0. The minimum atomic E-state index is -0.214. The van der Waals surface area contributed by atoms with Gasteiger partial charge in [0, 0.05) is 38.3 Å². The molecule has 0 bridgehead atoms. The Hall–Kier alpha value is -2.34. The SMILES string of the molecule is Cc1noc(C)c1C(C)C(=O)N1CCN(CCOc2ccccc2)CC1. The maximum atomic E-state index is 12.8. The van der Waals surface area contributed by atoms with E-state index in [0.717, 1.165) is 55.5 Å². The number of hydrogen-bond acceptors (Lipinski definition) is 5. The molecule has 1 unspecified atom stereocenters. The highest BCUT2D eigenvalue weighted by atomic mass is 16.5. The smallest absolute Gasteiger partial charge is 0.230 e. The molecule has 6 heteroatoms. The van der Waals surface area contributed by atoms with Gasteiger partial charge in [-0.15, -0.1) is 0 Å². The number of amides is 1. The van der Waals surface area contributed by atoms with Crippen molar-refractivity contribution < 1.29 is 14.1 Å². The Kier molecular flexibility index (Phi) is 5.93. The van der Waals surface area contributed by atoms with E-state index in [1.807, 2.05) is 56.0 Å². The van der Waals surface area contributed by atoms with Crippen LogP contribution in [0, 0.1) is 13.8 Å². The standard InChI is InChI=1S/C20H27N3O3/c1-15(19-16(2)21-26-17(19)3)20(24)23-11-9-22(10-12-23)13-14-25-18-7-5-4-6-8-18/h4-8,15H,9-14H2,1-3H3. The average Bonchev–Trinajstić information content (AvgIpc) is 3.00. The molecule has 0 radical (unpaired) electrons. The summed E-state index contributed by atoms with van der Waals surface area (Å²) in [6, 6.07) is 9.85. The fourth-order valence-corrected chi connectivity index (χ4v) is 3.51. The number of benzene rings is 1. The van der Waals surface area contributed by atoms with Gasteiger partial charge in [0.05, 0.1) is 11.6 Å². The minimum absolute atomic E-state index is 0.152. The number of aromatic nitrogens is 1. The second-order valence-corrected chi connectivity index (χ2v) is 6.79.